The topological polar surface area (TPSA) is 35.5 Å². The average Bonchev–Trinajstić information content (AvgIpc) is 3.48. The van der Waals surface area contributed by atoms with Crippen molar-refractivity contribution in [3.63, 3.8) is 0 Å². The maximum atomic E-state index is 11.3. The second kappa shape index (κ2) is 8.16. The van der Waals surface area contributed by atoms with Crippen molar-refractivity contribution in [3.05, 3.63) is 60.2 Å². The van der Waals surface area contributed by atoms with E-state index in [9.17, 15) is 4.79 Å². The molecule has 4 atom stereocenters. The number of carbonyl (C=O) groups is 1. The summed E-state index contributed by atoms with van der Waals surface area (Å²) in [5.41, 5.74) is 1.37. The second-order valence-electron chi connectivity index (χ2n) is 8.01. The van der Waals surface area contributed by atoms with Gasteiger partial charge in [-0.05, 0) is 74.8 Å². The minimum absolute atomic E-state index is 0.230. The number of hydrogen-bond donors (Lipinski definition) is 0. The fraction of sp³-hybridized carbons (Fsp3) is 0.458. The molecule has 2 aromatic carbocycles. The van der Waals surface area contributed by atoms with E-state index >= 15 is 0 Å². The Hall–Kier alpha value is -2.29. The molecule has 4 rings (SSSR count). The third-order valence-corrected chi connectivity index (χ3v) is 5.93. The van der Waals surface area contributed by atoms with Crippen LogP contribution in [0.2, 0.25) is 0 Å². The van der Waals surface area contributed by atoms with E-state index < -0.39 is 0 Å². The van der Waals surface area contributed by atoms with E-state index in [0.29, 0.717) is 30.3 Å². The molecule has 2 aliphatic carbocycles. The molecule has 0 heterocycles. The highest BCUT2D eigenvalue weighted by Gasteiger charge is 2.41. The smallest absolute Gasteiger partial charge is 0.133 e. The standard InChI is InChI=1S/C24H28O3/c1-17(25)24-15-20(24)16-26-21-12-10-18(11-13-21)19-6-5-9-23(14-19)27-22-7-3-2-4-8-22/h2-4,7-8,10-13,19-20,23-24H,5-6,9,14-16H2,1H3. The van der Waals surface area contributed by atoms with Crippen molar-refractivity contribution >= 4 is 5.78 Å². The molecule has 4 unspecified atom stereocenters. The van der Waals surface area contributed by atoms with Crippen LogP contribution in [0.4, 0.5) is 0 Å². The van der Waals surface area contributed by atoms with E-state index in [1.807, 2.05) is 30.3 Å². The number of rotatable bonds is 7. The Bertz CT molecular complexity index is 753. The van der Waals surface area contributed by atoms with Gasteiger partial charge in [0.05, 0.1) is 12.7 Å². The van der Waals surface area contributed by atoms with E-state index in [1.165, 1.54) is 18.4 Å². The largest absolute Gasteiger partial charge is 0.493 e. The number of hydrogen-bond acceptors (Lipinski definition) is 3. The minimum Gasteiger partial charge on any atom is -0.493 e. The van der Waals surface area contributed by atoms with Crippen LogP contribution in [-0.4, -0.2) is 18.5 Å². The summed E-state index contributed by atoms with van der Waals surface area (Å²) >= 11 is 0. The molecule has 3 nitrogen and oxygen atoms in total. The van der Waals surface area contributed by atoms with Gasteiger partial charge < -0.3 is 9.47 Å². The molecule has 0 aliphatic heterocycles. The molecule has 0 bridgehead atoms. The van der Waals surface area contributed by atoms with E-state index in [-0.39, 0.29) is 5.92 Å². The first kappa shape index (κ1) is 18.1. The Kier molecular flexibility index (Phi) is 5.47. The molecule has 0 saturated heterocycles. The zero-order valence-electron chi connectivity index (χ0n) is 16.0. The number of para-hydroxylation sites is 1. The monoisotopic (exact) mass is 364 g/mol. The van der Waals surface area contributed by atoms with Crippen molar-refractivity contribution in [2.75, 3.05) is 6.61 Å². The lowest BCUT2D eigenvalue weighted by Crippen LogP contribution is -2.24. The van der Waals surface area contributed by atoms with Gasteiger partial charge >= 0.3 is 0 Å². The summed E-state index contributed by atoms with van der Waals surface area (Å²) in [5.74, 6) is 3.36. The molecule has 27 heavy (non-hydrogen) atoms. The first-order valence-corrected chi connectivity index (χ1v) is 10.1. The molecule has 2 aromatic rings. The summed E-state index contributed by atoms with van der Waals surface area (Å²) in [6.07, 6.45) is 5.90. The molecule has 3 heteroatoms. The van der Waals surface area contributed by atoms with E-state index in [1.54, 1.807) is 6.92 Å². The number of Topliss-reactive ketones (excluding diaryl/α,β-unsaturated/α-hetero) is 1. The Balaban J connectivity index is 1.29. The fourth-order valence-electron chi connectivity index (χ4n) is 4.22. The van der Waals surface area contributed by atoms with Gasteiger partial charge in [0.1, 0.15) is 17.3 Å². The third-order valence-electron chi connectivity index (χ3n) is 5.93. The van der Waals surface area contributed by atoms with Gasteiger partial charge in [0.25, 0.3) is 0 Å². The Morgan fingerprint density at radius 3 is 2.44 bits per heavy atom. The van der Waals surface area contributed by atoms with Crippen molar-refractivity contribution in [3.8, 4) is 11.5 Å². The molecule has 2 saturated carbocycles. The summed E-state index contributed by atoms with van der Waals surface area (Å²) < 4.78 is 12.1. The highest BCUT2D eigenvalue weighted by Crippen LogP contribution is 2.40. The quantitative estimate of drug-likeness (QED) is 0.660. The van der Waals surface area contributed by atoms with Gasteiger partial charge in [-0.25, -0.2) is 0 Å². The normalized spacial score (nSPS) is 27.0. The van der Waals surface area contributed by atoms with Crippen LogP contribution >= 0.6 is 0 Å². The van der Waals surface area contributed by atoms with Crippen LogP contribution < -0.4 is 9.47 Å². The zero-order valence-corrected chi connectivity index (χ0v) is 16.0. The van der Waals surface area contributed by atoms with E-state index in [4.69, 9.17) is 9.47 Å². The molecular weight excluding hydrogens is 336 g/mol. The molecule has 142 valence electrons. The minimum atomic E-state index is 0.230. The summed E-state index contributed by atoms with van der Waals surface area (Å²) in [5, 5.41) is 0. The molecule has 2 aliphatic rings. The summed E-state index contributed by atoms with van der Waals surface area (Å²) in [6, 6.07) is 18.7. The summed E-state index contributed by atoms with van der Waals surface area (Å²) in [6.45, 7) is 2.33. The molecule has 0 N–H and O–H groups in total. The lowest BCUT2D eigenvalue weighted by molar-refractivity contribution is -0.118. The van der Waals surface area contributed by atoms with E-state index in [2.05, 4.69) is 24.3 Å². The number of carbonyl (C=O) groups excluding carboxylic acids is 1. The Morgan fingerprint density at radius 2 is 1.74 bits per heavy atom. The Morgan fingerprint density at radius 1 is 0.963 bits per heavy atom. The van der Waals surface area contributed by atoms with Gasteiger partial charge in [-0.2, -0.15) is 0 Å². The number of benzene rings is 2. The molecule has 0 amide bonds. The first-order valence-electron chi connectivity index (χ1n) is 10.1. The van der Waals surface area contributed by atoms with Crippen LogP contribution in [0.15, 0.2) is 54.6 Å². The van der Waals surface area contributed by atoms with Crippen LogP contribution in [0.3, 0.4) is 0 Å². The van der Waals surface area contributed by atoms with Crippen LogP contribution in [0.5, 0.6) is 11.5 Å². The highest BCUT2D eigenvalue weighted by atomic mass is 16.5. The van der Waals surface area contributed by atoms with Crippen molar-refractivity contribution in [1.82, 2.24) is 0 Å². The summed E-state index contributed by atoms with van der Waals surface area (Å²) in [4.78, 5) is 11.3. The van der Waals surface area contributed by atoms with Crippen molar-refractivity contribution in [2.24, 2.45) is 11.8 Å². The predicted octanol–water partition coefficient (Wildman–Crippen LogP) is 5.40. The van der Waals surface area contributed by atoms with Crippen LogP contribution in [0, 0.1) is 11.8 Å². The SMILES string of the molecule is CC(=O)C1CC1COc1ccc(C2CCCC(Oc3ccccc3)C2)cc1. The summed E-state index contributed by atoms with van der Waals surface area (Å²) in [7, 11) is 0. The Labute approximate surface area is 161 Å². The van der Waals surface area contributed by atoms with Gasteiger partial charge in [0.15, 0.2) is 0 Å². The first-order chi connectivity index (χ1) is 13.2. The van der Waals surface area contributed by atoms with Crippen LogP contribution in [0.1, 0.15) is 50.5 Å². The maximum Gasteiger partial charge on any atom is 0.133 e. The van der Waals surface area contributed by atoms with Gasteiger partial charge in [-0.1, -0.05) is 30.3 Å². The zero-order chi connectivity index (χ0) is 18.6. The predicted molar refractivity (Wildman–Crippen MR) is 106 cm³/mol. The molecule has 0 aromatic heterocycles. The fourth-order valence-corrected chi connectivity index (χ4v) is 4.22. The lowest BCUT2D eigenvalue weighted by atomic mass is 9.82. The van der Waals surface area contributed by atoms with E-state index in [0.717, 1.165) is 30.8 Å². The highest BCUT2D eigenvalue weighted by molar-refractivity contribution is 5.81. The van der Waals surface area contributed by atoms with Gasteiger partial charge in [0, 0.05) is 11.8 Å². The van der Waals surface area contributed by atoms with Crippen molar-refractivity contribution in [1.29, 1.82) is 0 Å². The van der Waals surface area contributed by atoms with Crippen LogP contribution in [0.25, 0.3) is 0 Å². The van der Waals surface area contributed by atoms with Gasteiger partial charge in [-0.3, -0.25) is 4.79 Å². The third kappa shape index (κ3) is 4.71. The number of ketones is 1. The van der Waals surface area contributed by atoms with Gasteiger partial charge in [0.2, 0.25) is 0 Å². The molecular formula is C24H28O3. The van der Waals surface area contributed by atoms with Crippen LogP contribution in [-0.2, 0) is 4.79 Å². The lowest BCUT2D eigenvalue weighted by Gasteiger charge is -2.30. The molecule has 2 fully saturated rings. The molecule has 0 spiro atoms. The maximum absolute atomic E-state index is 11.3. The van der Waals surface area contributed by atoms with Gasteiger partial charge in [-0.15, -0.1) is 0 Å². The number of ether oxygens (including phenoxy) is 2. The second-order valence-corrected chi connectivity index (χ2v) is 8.01. The average molecular weight is 364 g/mol. The van der Waals surface area contributed by atoms with Crippen molar-refractivity contribution in [2.45, 2.75) is 51.0 Å². The van der Waals surface area contributed by atoms with Crippen molar-refractivity contribution < 1.29 is 14.3 Å². The molecule has 0 radical (unpaired) electrons.